The van der Waals surface area contributed by atoms with Crippen LogP contribution in [0.15, 0.2) is 102 Å². The second-order valence-corrected chi connectivity index (χ2v) is 6.07. The third-order valence-electron chi connectivity index (χ3n) is 4.34. The van der Waals surface area contributed by atoms with Gasteiger partial charge in [-0.25, -0.2) is 0 Å². The van der Waals surface area contributed by atoms with E-state index in [1.165, 1.54) is 0 Å². The molecule has 0 saturated carbocycles. The average Bonchev–Trinajstić information content (AvgIpc) is 2.70. The van der Waals surface area contributed by atoms with Crippen LogP contribution in [0.5, 0.6) is 5.75 Å². The van der Waals surface area contributed by atoms with Gasteiger partial charge in [-0.15, -0.1) is 0 Å². The lowest BCUT2D eigenvalue weighted by Crippen LogP contribution is -2.12. The van der Waals surface area contributed by atoms with Gasteiger partial charge in [0.05, 0.1) is 0 Å². The van der Waals surface area contributed by atoms with E-state index in [1.807, 2.05) is 89.8 Å². The zero-order chi connectivity index (χ0) is 17.9. The van der Waals surface area contributed by atoms with Crippen molar-refractivity contribution in [2.24, 2.45) is 0 Å². The van der Waals surface area contributed by atoms with Crippen LogP contribution in [-0.4, -0.2) is 9.67 Å². The van der Waals surface area contributed by atoms with Crippen LogP contribution >= 0.6 is 0 Å². The van der Waals surface area contributed by atoms with Crippen molar-refractivity contribution < 1.29 is 5.11 Å². The average molecular weight is 339 g/mol. The predicted octanol–water partition coefficient (Wildman–Crippen LogP) is 4.88. The fraction of sp³-hybridized carbons (Fsp3) is 0. The summed E-state index contributed by atoms with van der Waals surface area (Å²) < 4.78 is 1.92. The van der Waals surface area contributed by atoms with E-state index in [2.05, 4.69) is 0 Å². The van der Waals surface area contributed by atoms with Crippen LogP contribution in [0.4, 0.5) is 0 Å². The van der Waals surface area contributed by atoms with Gasteiger partial charge in [-0.2, -0.15) is 0 Å². The van der Waals surface area contributed by atoms with Crippen molar-refractivity contribution in [2.45, 2.75) is 0 Å². The van der Waals surface area contributed by atoms with Gasteiger partial charge >= 0.3 is 0 Å². The molecule has 26 heavy (non-hydrogen) atoms. The maximum Gasteiger partial charge on any atom is 0.197 e. The Morgan fingerprint density at radius 3 is 1.54 bits per heavy atom. The predicted molar refractivity (Wildman–Crippen MR) is 105 cm³/mol. The summed E-state index contributed by atoms with van der Waals surface area (Å²) in [6.07, 6.45) is 3.69. The van der Waals surface area contributed by atoms with E-state index >= 15 is 0 Å². The van der Waals surface area contributed by atoms with Crippen molar-refractivity contribution in [1.82, 2.24) is 4.57 Å². The second kappa shape index (κ2) is 6.73. The lowest BCUT2D eigenvalue weighted by atomic mass is 10.0. The van der Waals surface area contributed by atoms with E-state index in [-0.39, 0.29) is 11.2 Å². The van der Waals surface area contributed by atoms with E-state index in [4.69, 9.17) is 0 Å². The number of aromatic nitrogens is 1. The minimum atomic E-state index is -0.00238. The monoisotopic (exact) mass is 339 g/mol. The molecule has 0 aliphatic rings. The van der Waals surface area contributed by atoms with Gasteiger partial charge in [0.15, 0.2) is 5.43 Å². The van der Waals surface area contributed by atoms with E-state index in [0.717, 1.165) is 16.8 Å². The fourth-order valence-corrected chi connectivity index (χ4v) is 3.00. The lowest BCUT2D eigenvalue weighted by Gasteiger charge is -2.13. The number of benzene rings is 3. The minimum absolute atomic E-state index is 0.00238. The molecule has 0 bridgehead atoms. The molecule has 0 amide bonds. The maximum atomic E-state index is 13.2. The molecule has 4 aromatic rings. The smallest absolute Gasteiger partial charge is 0.197 e. The van der Waals surface area contributed by atoms with Crippen LogP contribution < -0.4 is 5.43 Å². The standard InChI is InChI=1S/C23H17NO2/c25-20-13-11-19(12-14-20)24-15-21(17-7-3-1-4-8-17)23(26)22(16-24)18-9-5-2-6-10-18/h1-16,25H. The number of aromatic hydroxyl groups is 1. The Hall–Kier alpha value is -3.59. The largest absolute Gasteiger partial charge is 0.508 e. The number of rotatable bonds is 3. The first-order valence-corrected chi connectivity index (χ1v) is 8.39. The molecule has 126 valence electrons. The molecule has 0 aliphatic carbocycles. The molecule has 0 fully saturated rings. The van der Waals surface area contributed by atoms with Crippen molar-refractivity contribution in [3.8, 4) is 33.7 Å². The molecular formula is C23H17NO2. The fourth-order valence-electron chi connectivity index (χ4n) is 3.00. The summed E-state index contributed by atoms with van der Waals surface area (Å²) >= 11 is 0. The van der Waals surface area contributed by atoms with Gasteiger partial charge < -0.3 is 9.67 Å². The zero-order valence-corrected chi connectivity index (χ0v) is 14.0. The number of hydrogen-bond acceptors (Lipinski definition) is 2. The molecule has 0 aliphatic heterocycles. The highest BCUT2D eigenvalue weighted by Crippen LogP contribution is 2.23. The quantitative estimate of drug-likeness (QED) is 0.578. The summed E-state index contributed by atoms with van der Waals surface area (Å²) in [6.45, 7) is 0. The third kappa shape index (κ3) is 3.03. The van der Waals surface area contributed by atoms with Gasteiger partial charge in [-0.05, 0) is 35.4 Å². The molecule has 0 spiro atoms. The Labute approximate surface area is 151 Å². The van der Waals surface area contributed by atoms with Crippen molar-refractivity contribution >= 4 is 0 Å². The third-order valence-corrected chi connectivity index (χ3v) is 4.34. The highest BCUT2D eigenvalue weighted by atomic mass is 16.3. The van der Waals surface area contributed by atoms with Crippen LogP contribution in [0.2, 0.25) is 0 Å². The molecule has 3 nitrogen and oxygen atoms in total. The summed E-state index contributed by atoms with van der Waals surface area (Å²) in [5, 5.41) is 9.55. The highest BCUT2D eigenvalue weighted by molar-refractivity contribution is 5.72. The summed E-state index contributed by atoms with van der Waals surface area (Å²) in [5.74, 6) is 0.210. The highest BCUT2D eigenvalue weighted by Gasteiger charge is 2.12. The van der Waals surface area contributed by atoms with Crippen LogP contribution in [0.25, 0.3) is 27.9 Å². The summed E-state index contributed by atoms with van der Waals surface area (Å²) in [5.41, 5.74) is 3.90. The second-order valence-electron chi connectivity index (χ2n) is 6.07. The van der Waals surface area contributed by atoms with Crippen molar-refractivity contribution in [3.05, 3.63) is 108 Å². The van der Waals surface area contributed by atoms with Gasteiger partial charge in [-0.1, -0.05) is 60.7 Å². The Bertz CT molecular complexity index is 1020. The van der Waals surface area contributed by atoms with Crippen LogP contribution in [-0.2, 0) is 0 Å². The molecular weight excluding hydrogens is 322 g/mol. The molecule has 4 rings (SSSR count). The van der Waals surface area contributed by atoms with Gasteiger partial charge in [0.25, 0.3) is 0 Å². The van der Waals surface area contributed by atoms with Gasteiger partial charge in [0.2, 0.25) is 0 Å². The van der Waals surface area contributed by atoms with Crippen LogP contribution in [0, 0.1) is 0 Å². The Balaban J connectivity index is 1.98. The van der Waals surface area contributed by atoms with Crippen molar-refractivity contribution in [1.29, 1.82) is 0 Å². The number of phenolic OH excluding ortho intramolecular Hbond substituents is 1. The zero-order valence-electron chi connectivity index (χ0n) is 14.0. The summed E-state index contributed by atoms with van der Waals surface area (Å²) in [6, 6.07) is 26.2. The minimum Gasteiger partial charge on any atom is -0.508 e. The Kier molecular flexibility index (Phi) is 4.12. The van der Waals surface area contributed by atoms with E-state index in [9.17, 15) is 9.90 Å². The first-order chi connectivity index (χ1) is 12.7. The Morgan fingerprint density at radius 2 is 1.08 bits per heavy atom. The van der Waals surface area contributed by atoms with Crippen molar-refractivity contribution in [2.75, 3.05) is 0 Å². The number of phenols is 1. The molecule has 1 heterocycles. The molecule has 1 N–H and O–H groups in total. The summed E-state index contributed by atoms with van der Waals surface area (Å²) in [4.78, 5) is 13.2. The van der Waals surface area contributed by atoms with Gasteiger partial charge in [0, 0.05) is 29.2 Å². The van der Waals surface area contributed by atoms with Gasteiger partial charge in [0.1, 0.15) is 5.75 Å². The van der Waals surface area contributed by atoms with Gasteiger partial charge in [-0.3, -0.25) is 4.79 Å². The Morgan fingerprint density at radius 1 is 0.615 bits per heavy atom. The van der Waals surface area contributed by atoms with E-state index < -0.39 is 0 Å². The molecule has 0 radical (unpaired) electrons. The molecule has 3 heteroatoms. The SMILES string of the molecule is O=c1c(-c2ccccc2)cn(-c2ccc(O)cc2)cc1-c1ccccc1. The molecule has 1 aromatic heterocycles. The molecule has 0 saturated heterocycles. The molecule has 3 aromatic carbocycles. The first-order valence-electron chi connectivity index (χ1n) is 8.39. The lowest BCUT2D eigenvalue weighted by molar-refractivity contribution is 0.475. The van der Waals surface area contributed by atoms with E-state index in [0.29, 0.717) is 11.1 Å². The summed E-state index contributed by atoms with van der Waals surface area (Å²) in [7, 11) is 0. The van der Waals surface area contributed by atoms with Crippen molar-refractivity contribution in [3.63, 3.8) is 0 Å². The van der Waals surface area contributed by atoms with Crippen LogP contribution in [0.3, 0.4) is 0 Å². The topological polar surface area (TPSA) is 42.2 Å². The number of hydrogen-bond donors (Lipinski definition) is 1. The molecule has 0 atom stereocenters. The normalized spacial score (nSPS) is 10.6. The number of pyridine rings is 1. The maximum absolute atomic E-state index is 13.2. The first kappa shape index (κ1) is 15.9. The van der Waals surface area contributed by atoms with E-state index in [1.54, 1.807) is 12.1 Å². The number of nitrogens with zero attached hydrogens (tertiary/aromatic N) is 1. The molecule has 0 unspecified atom stereocenters. The van der Waals surface area contributed by atoms with Crippen LogP contribution in [0.1, 0.15) is 0 Å².